The molecule has 0 atom stereocenters. The molecular weight excluding hydrogens is 249 g/mol. The molecule has 0 saturated heterocycles. The Morgan fingerprint density at radius 1 is 1.28 bits per heavy atom. The van der Waals surface area contributed by atoms with Gasteiger partial charge in [-0.1, -0.05) is 0 Å². The molecule has 0 saturated carbocycles. The second-order valence-electron chi connectivity index (χ2n) is 4.73. The van der Waals surface area contributed by atoms with Gasteiger partial charge in [0.05, 0.1) is 11.1 Å². The van der Waals surface area contributed by atoms with Crippen molar-refractivity contribution in [2.45, 2.75) is 26.2 Å². The fraction of sp³-hybridized carbons (Fsp3) is 0.286. The number of rotatable bonds is 3. The second kappa shape index (κ2) is 4.61. The smallest absolute Gasteiger partial charge is 0.141 e. The highest BCUT2D eigenvalue weighted by Gasteiger charge is 2.28. The average molecular weight is 263 g/mol. The van der Waals surface area contributed by atoms with E-state index in [0.717, 1.165) is 16.3 Å². The molecule has 0 radical (unpaired) electrons. The first-order valence-electron chi connectivity index (χ1n) is 5.64. The Morgan fingerprint density at radius 3 is 2.44 bits per heavy atom. The van der Waals surface area contributed by atoms with Gasteiger partial charge in [-0.25, -0.2) is 9.37 Å². The summed E-state index contributed by atoms with van der Waals surface area (Å²) in [4.78, 5) is 16.0. The number of ketones is 1. The average Bonchev–Trinajstić information content (AvgIpc) is 2.79. The van der Waals surface area contributed by atoms with Crippen molar-refractivity contribution >= 4 is 17.1 Å². The number of thiazole rings is 1. The lowest BCUT2D eigenvalue weighted by atomic mass is 9.86. The molecular formula is C14H14FNOS. The molecule has 94 valence electrons. The fourth-order valence-corrected chi connectivity index (χ4v) is 2.46. The third-order valence-corrected chi connectivity index (χ3v) is 4.01. The van der Waals surface area contributed by atoms with Gasteiger partial charge in [0, 0.05) is 10.9 Å². The fourth-order valence-electron chi connectivity index (χ4n) is 1.47. The standard InChI is InChI=1S/C14H14FNOS/c1-9(17)14(2,3)12-8-18-13(16-12)10-4-6-11(15)7-5-10/h4-8H,1-3H3. The Morgan fingerprint density at radius 2 is 1.89 bits per heavy atom. The van der Waals surface area contributed by atoms with E-state index in [1.54, 1.807) is 19.1 Å². The first-order valence-corrected chi connectivity index (χ1v) is 6.52. The predicted molar refractivity (Wildman–Crippen MR) is 71.2 cm³/mol. The molecule has 2 aromatic rings. The van der Waals surface area contributed by atoms with Crippen LogP contribution in [0, 0.1) is 5.82 Å². The van der Waals surface area contributed by atoms with E-state index in [-0.39, 0.29) is 11.6 Å². The van der Waals surface area contributed by atoms with Crippen LogP contribution in [0.4, 0.5) is 4.39 Å². The maximum atomic E-state index is 12.8. The Hall–Kier alpha value is -1.55. The predicted octanol–water partition coefficient (Wildman–Crippen LogP) is 3.82. The molecule has 0 amide bonds. The number of carbonyl (C=O) groups is 1. The summed E-state index contributed by atoms with van der Waals surface area (Å²) in [5, 5.41) is 2.69. The van der Waals surface area contributed by atoms with E-state index >= 15 is 0 Å². The highest BCUT2D eigenvalue weighted by molar-refractivity contribution is 7.13. The van der Waals surface area contributed by atoms with Gasteiger partial charge in [-0.15, -0.1) is 11.3 Å². The lowest BCUT2D eigenvalue weighted by Crippen LogP contribution is -2.26. The van der Waals surface area contributed by atoms with Crippen LogP contribution in [-0.2, 0) is 10.2 Å². The van der Waals surface area contributed by atoms with Crippen molar-refractivity contribution in [1.82, 2.24) is 4.98 Å². The Kier molecular flexibility index (Phi) is 3.30. The maximum absolute atomic E-state index is 12.8. The molecule has 4 heteroatoms. The summed E-state index contributed by atoms with van der Waals surface area (Å²) in [6, 6.07) is 6.20. The van der Waals surface area contributed by atoms with Crippen LogP contribution < -0.4 is 0 Å². The SMILES string of the molecule is CC(=O)C(C)(C)c1csc(-c2ccc(F)cc2)n1. The lowest BCUT2D eigenvalue weighted by Gasteiger charge is -2.17. The minimum atomic E-state index is -0.575. The molecule has 0 unspecified atom stereocenters. The highest BCUT2D eigenvalue weighted by Crippen LogP contribution is 2.30. The molecule has 1 heterocycles. The van der Waals surface area contributed by atoms with Crippen molar-refractivity contribution in [3.8, 4) is 10.6 Å². The molecule has 1 aromatic carbocycles. The zero-order valence-corrected chi connectivity index (χ0v) is 11.3. The van der Waals surface area contributed by atoms with E-state index in [9.17, 15) is 9.18 Å². The maximum Gasteiger partial charge on any atom is 0.141 e. The van der Waals surface area contributed by atoms with Gasteiger partial charge in [0.25, 0.3) is 0 Å². The molecule has 0 spiro atoms. The van der Waals surface area contributed by atoms with Gasteiger partial charge in [-0.3, -0.25) is 4.79 Å². The molecule has 1 aromatic heterocycles. The Bertz CT molecular complexity index is 572. The van der Waals surface area contributed by atoms with E-state index in [0.29, 0.717) is 0 Å². The summed E-state index contributed by atoms with van der Waals surface area (Å²) in [6.45, 7) is 5.29. The molecule has 0 aliphatic heterocycles. The van der Waals surface area contributed by atoms with Gasteiger partial charge in [0.1, 0.15) is 16.6 Å². The monoisotopic (exact) mass is 263 g/mol. The van der Waals surface area contributed by atoms with Gasteiger partial charge in [-0.05, 0) is 45.0 Å². The van der Waals surface area contributed by atoms with Crippen molar-refractivity contribution in [3.05, 3.63) is 41.2 Å². The molecule has 0 bridgehead atoms. The van der Waals surface area contributed by atoms with Crippen molar-refractivity contribution < 1.29 is 9.18 Å². The molecule has 0 aliphatic carbocycles. The Balaban J connectivity index is 2.37. The molecule has 0 N–H and O–H groups in total. The van der Waals surface area contributed by atoms with Crippen molar-refractivity contribution in [3.63, 3.8) is 0 Å². The third kappa shape index (κ3) is 2.34. The van der Waals surface area contributed by atoms with E-state index in [1.165, 1.54) is 23.5 Å². The summed E-state index contributed by atoms with van der Waals surface area (Å²) in [7, 11) is 0. The molecule has 0 fully saturated rings. The Labute approximate surface area is 110 Å². The summed E-state index contributed by atoms with van der Waals surface area (Å²) < 4.78 is 12.8. The van der Waals surface area contributed by atoms with Crippen molar-refractivity contribution in [2.24, 2.45) is 0 Å². The number of carbonyl (C=O) groups excluding carboxylic acids is 1. The first kappa shape index (κ1) is 12.9. The van der Waals surface area contributed by atoms with Gasteiger partial charge in [0.2, 0.25) is 0 Å². The van der Waals surface area contributed by atoms with Crippen LogP contribution in [0.3, 0.4) is 0 Å². The molecule has 18 heavy (non-hydrogen) atoms. The molecule has 2 nitrogen and oxygen atoms in total. The van der Waals surface area contributed by atoms with Crippen LogP contribution in [0.25, 0.3) is 10.6 Å². The summed E-state index contributed by atoms with van der Waals surface area (Å²) in [5.41, 5.74) is 1.06. The van der Waals surface area contributed by atoms with Crippen LogP contribution in [0.2, 0.25) is 0 Å². The quantitative estimate of drug-likeness (QED) is 0.842. The number of Topliss-reactive ketones (excluding diaryl/α,β-unsaturated/α-hetero) is 1. The van der Waals surface area contributed by atoms with E-state index in [1.807, 2.05) is 19.2 Å². The van der Waals surface area contributed by atoms with Crippen LogP contribution in [0.15, 0.2) is 29.6 Å². The minimum absolute atomic E-state index is 0.0819. The largest absolute Gasteiger partial charge is 0.299 e. The van der Waals surface area contributed by atoms with E-state index in [4.69, 9.17) is 0 Å². The highest BCUT2D eigenvalue weighted by atomic mass is 32.1. The summed E-state index contributed by atoms with van der Waals surface area (Å²) in [6.07, 6.45) is 0. The third-order valence-electron chi connectivity index (χ3n) is 3.12. The number of hydrogen-bond donors (Lipinski definition) is 0. The zero-order chi connectivity index (χ0) is 13.3. The zero-order valence-electron chi connectivity index (χ0n) is 10.5. The van der Waals surface area contributed by atoms with Crippen molar-refractivity contribution in [1.29, 1.82) is 0 Å². The summed E-state index contributed by atoms with van der Waals surface area (Å²) in [5.74, 6) is -0.182. The summed E-state index contributed by atoms with van der Waals surface area (Å²) >= 11 is 1.47. The number of halogens is 1. The second-order valence-corrected chi connectivity index (χ2v) is 5.58. The van der Waals surface area contributed by atoms with Gasteiger partial charge in [0.15, 0.2) is 0 Å². The number of aromatic nitrogens is 1. The number of benzene rings is 1. The molecule has 0 aliphatic rings. The van der Waals surface area contributed by atoms with Gasteiger partial charge < -0.3 is 0 Å². The lowest BCUT2D eigenvalue weighted by molar-refractivity contribution is -0.121. The van der Waals surface area contributed by atoms with Crippen LogP contribution >= 0.6 is 11.3 Å². The van der Waals surface area contributed by atoms with Crippen LogP contribution in [0.1, 0.15) is 26.5 Å². The van der Waals surface area contributed by atoms with Gasteiger partial charge in [-0.2, -0.15) is 0 Å². The topological polar surface area (TPSA) is 30.0 Å². The van der Waals surface area contributed by atoms with Crippen molar-refractivity contribution in [2.75, 3.05) is 0 Å². The normalized spacial score (nSPS) is 11.6. The van der Waals surface area contributed by atoms with Gasteiger partial charge >= 0.3 is 0 Å². The number of hydrogen-bond acceptors (Lipinski definition) is 3. The minimum Gasteiger partial charge on any atom is -0.299 e. The van der Waals surface area contributed by atoms with Crippen LogP contribution in [0.5, 0.6) is 0 Å². The molecule has 2 rings (SSSR count). The number of nitrogens with zero attached hydrogens (tertiary/aromatic N) is 1. The van der Waals surface area contributed by atoms with E-state index < -0.39 is 5.41 Å². The van der Waals surface area contributed by atoms with Crippen LogP contribution in [-0.4, -0.2) is 10.8 Å². The first-order chi connectivity index (χ1) is 8.41. The van der Waals surface area contributed by atoms with E-state index in [2.05, 4.69) is 4.98 Å².